The third kappa shape index (κ3) is 7.43. The third-order valence-corrected chi connectivity index (χ3v) is 12.3. The van der Waals surface area contributed by atoms with Crippen LogP contribution in [-0.4, -0.2) is 65.2 Å². The molecule has 10 nitrogen and oxygen atoms in total. The summed E-state index contributed by atoms with van der Waals surface area (Å²) in [5.74, 6) is 1.40. The molecular weight excluding hydrogens is 546 g/mol. The fraction of sp³-hybridized carbons (Fsp3) is 0.464. The Morgan fingerprint density at radius 3 is 2.42 bits per heavy atom. The van der Waals surface area contributed by atoms with E-state index in [1.807, 2.05) is 6.92 Å². The van der Waals surface area contributed by atoms with Crippen molar-refractivity contribution >= 4 is 36.8 Å². The van der Waals surface area contributed by atoms with Crippen molar-refractivity contribution in [1.29, 1.82) is 0 Å². The van der Waals surface area contributed by atoms with Crippen LogP contribution >= 0.6 is 11.5 Å². The van der Waals surface area contributed by atoms with E-state index in [4.69, 9.17) is 13.9 Å². The summed E-state index contributed by atoms with van der Waals surface area (Å²) >= 11 is 1.11. The first-order valence-corrected chi connectivity index (χ1v) is 17.0. The molecule has 214 valence electrons. The second kappa shape index (κ2) is 12.0. The van der Waals surface area contributed by atoms with Gasteiger partial charge in [0, 0.05) is 36.3 Å². The first-order chi connectivity index (χ1) is 18.8. The van der Waals surface area contributed by atoms with Crippen molar-refractivity contribution in [2.45, 2.75) is 65.3 Å². The maximum atomic E-state index is 13.1. The number of ether oxygens (including phenoxy) is 2. The van der Waals surface area contributed by atoms with Crippen molar-refractivity contribution in [1.82, 2.24) is 19.2 Å². The highest BCUT2D eigenvalue weighted by Gasteiger charge is 2.37. The Bertz CT molecular complexity index is 1350. The molecule has 0 unspecified atom stereocenters. The minimum absolute atomic E-state index is 0.0816. The summed E-state index contributed by atoms with van der Waals surface area (Å²) in [6, 6.07) is 8.32. The van der Waals surface area contributed by atoms with Gasteiger partial charge < -0.3 is 18.8 Å². The Morgan fingerprint density at radius 2 is 1.85 bits per heavy atom. The number of benzene rings is 1. The lowest BCUT2D eigenvalue weighted by atomic mass is 10.2. The highest BCUT2D eigenvalue weighted by Crippen LogP contribution is 2.37. The average molecular weight is 584 g/mol. The van der Waals surface area contributed by atoms with E-state index >= 15 is 0 Å². The molecule has 12 heteroatoms. The Balaban J connectivity index is 1.52. The van der Waals surface area contributed by atoms with Crippen LogP contribution in [0.4, 0.5) is 5.13 Å². The number of aryl methyl sites for hydroxylation is 1. The number of nitrogens with one attached hydrogen (secondary N) is 1. The van der Waals surface area contributed by atoms with Gasteiger partial charge in [0.2, 0.25) is 5.13 Å². The standard InChI is InChI=1S/C28H37N5O5SSi/c1-18(17-36-40(6,7)28(3,4)5)37-22-13-20(25(34)31-27-30-19(2)32-39-27)14-23(15-22)38-21-9-10-24(29-16-21)26(35)33-11-8-12-33/h9-10,13-16,18H,8,11-12,17H2,1-7H3,(H,30,31,32,34)/t18-/m0/s1. The van der Waals surface area contributed by atoms with E-state index in [0.717, 1.165) is 31.0 Å². The van der Waals surface area contributed by atoms with Gasteiger partial charge in [-0.2, -0.15) is 4.37 Å². The maximum absolute atomic E-state index is 13.1. The molecule has 0 saturated carbocycles. The highest BCUT2D eigenvalue weighted by atomic mass is 32.1. The molecule has 2 amide bonds. The SMILES string of the molecule is Cc1nsc(NC(=O)c2cc(Oc3ccc(C(=O)N4CCC4)nc3)cc(O[C@@H](C)CO[Si](C)(C)C(C)(C)C)c2)n1. The number of hydrogen-bond acceptors (Lipinski definition) is 9. The Labute approximate surface area is 240 Å². The zero-order valence-corrected chi connectivity index (χ0v) is 25.9. The van der Waals surface area contributed by atoms with Gasteiger partial charge in [-0.1, -0.05) is 20.8 Å². The predicted molar refractivity (Wildman–Crippen MR) is 157 cm³/mol. The van der Waals surface area contributed by atoms with E-state index in [1.54, 1.807) is 42.2 Å². The van der Waals surface area contributed by atoms with E-state index in [9.17, 15) is 9.59 Å². The lowest BCUT2D eigenvalue weighted by Gasteiger charge is -2.36. The van der Waals surface area contributed by atoms with Crippen LogP contribution in [-0.2, 0) is 4.43 Å². The maximum Gasteiger partial charge on any atom is 0.272 e. The molecule has 1 aromatic carbocycles. The van der Waals surface area contributed by atoms with Crippen molar-refractivity contribution in [2.24, 2.45) is 0 Å². The first-order valence-electron chi connectivity index (χ1n) is 13.3. The summed E-state index contributed by atoms with van der Waals surface area (Å²) in [5, 5.41) is 3.26. The minimum Gasteiger partial charge on any atom is -0.488 e. The van der Waals surface area contributed by atoms with E-state index in [1.165, 1.54) is 6.20 Å². The van der Waals surface area contributed by atoms with Crippen LogP contribution in [0.25, 0.3) is 0 Å². The number of anilines is 1. The molecule has 40 heavy (non-hydrogen) atoms. The zero-order valence-electron chi connectivity index (χ0n) is 24.1. The molecule has 4 rings (SSSR count). The molecule has 2 aromatic heterocycles. The molecule has 0 spiro atoms. The molecule has 1 atom stereocenters. The smallest absolute Gasteiger partial charge is 0.272 e. The van der Waals surface area contributed by atoms with Crippen LogP contribution in [0, 0.1) is 6.92 Å². The molecule has 0 bridgehead atoms. The van der Waals surface area contributed by atoms with E-state index in [0.29, 0.717) is 46.1 Å². The Kier molecular flexibility index (Phi) is 8.91. The summed E-state index contributed by atoms with van der Waals surface area (Å²) in [4.78, 5) is 35.8. The minimum atomic E-state index is -1.95. The zero-order chi connectivity index (χ0) is 29.1. The van der Waals surface area contributed by atoms with Crippen molar-refractivity contribution in [2.75, 3.05) is 25.0 Å². The predicted octanol–water partition coefficient (Wildman–Crippen LogP) is 5.92. The van der Waals surface area contributed by atoms with Gasteiger partial charge in [0.1, 0.15) is 34.9 Å². The van der Waals surface area contributed by atoms with E-state index in [2.05, 4.69) is 53.5 Å². The second-order valence-electron chi connectivity index (χ2n) is 11.4. The molecule has 3 aromatic rings. The number of pyridine rings is 1. The van der Waals surface area contributed by atoms with Crippen LogP contribution in [0.3, 0.4) is 0 Å². The summed E-state index contributed by atoms with van der Waals surface area (Å²) in [5.41, 5.74) is 0.697. The van der Waals surface area contributed by atoms with Crippen LogP contribution in [0.15, 0.2) is 36.5 Å². The molecule has 1 aliphatic rings. The number of nitrogens with zero attached hydrogens (tertiary/aromatic N) is 4. The summed E-state index contributed by atoms with van der Waals surface area (Å²) in [6.45, 7) is 16.6. The summed E-state index contributed by atoms with van der Waals surface area (Å²) in [6.07, 6.45) is 2.25. The van der Waals surface area contributed by atoms with E-state index in [-0.39, 0.29) is 23.0 Å². The van der Waals surface area contributed by atoms with Crippen LogP contribution in [0.5, 0.6) is 17.2 Å². The molecule has 0 aliphatic carbocycles. The largest absolute Gasteiger partial charge is 0.488 e. The number of hydrogen-bond donors (Lipinski definition) is 1. The lowest BCUT2D eigenvalue weighted by Crippen LogP contribution is -2.43. The third-order valence-electron chi connectivity index (χ3n) is 7.05. The van der Waals surface area contributed by atoms with Crippen molar-refractivity contribution in [3.05, 3.63) is 53.6 Å². The molecule has 1 aliphatic heterocycles. The van der Waals surface area contributed by atoms with Gasteiger partial charge in [0.25, 0.3) is 11.8 Å². The first kappa shape index (κ1) is 29.6. The van der Waals surface area contributed by atoms with Gasteiger partial charge in [-0.15, -0.1) is 0 Å². The molecule has 1 fully saturated rings. The molecular formula is C28H37N5O5SSi. The monoisotopic (exact) mass is 583 g/mol. The number of rotatable bonds is 10. The fourth-order valence-corrected chi connectivity index (χ4v) is 5.20. The molecule has 3 heterocycles. The Morgan fingerprint density at radius 1 is 1.12 bits per heavy atom. The number of amides is 2. The van der Waals surface area contributed by atoms with Crippen LogP contribution in [0.1, 0.15) is 60.8 Å². The van der Waals surface area contributed by atoms with Gasteiger partial charge in [0.05, 0.1) is 12.8 Å². The number of aromatic nitrogens is 3. The average Bonchev–Trinajstić information content (AvgIpc) is 3.25. The molecule has 1 N–H and O–H groups in total. The normalized spacial score (nSPS) is 14.3. The number of carbonyl (C=O) groups excluding carboxylic acids is 2. The van der Waals surface area contributed by atoms with Gasteiger partial charge in [-0.05, 0) is 62.7 Å². The summed E-state index contributed by atoms with van der Waals surface area (Å²) in [7, 11) is -1.95. The number of carbonyl (C=O) groups is 2. The van der Waals surface area contributed by atoms with Crippen LogP contribution in [0.2, 0.25) is 18.1 Å². The second-order valence-corrected chi connectivity index (χ2v) is 17.0. The van der Waals surface area contributed by atoms with Crippen molar-refractivity contribution < 1.29 is 23.5 Å². The van der Waals surface area contributed by atoms with Crippen LogP contribution < -0.4 is 14.8 Å². The molecule has 0 radical (unpaired) electrons. The van der Waals surface area contributed by atoms with Gasteiger partial charge >= 0.3 is 0 Å². The van der Waals surface area contributed by atoms with Crippen molar-refractivity contribution in [3.63, 3.8) is 0 Å². The quantitative estimate of drug-likeness (QED) is 0.292. The highest BCUT2D eigenvalue weighted by molar-refractivity contribution is 7.09. The number of likely N-dealkylation sites (tertiary alicyclic amines) is 1. The lowest BCUT2D eigenvalue weighted by molar-refractivity contribution is 0.0645. The molecule has 1 saturated heterocycles. The van der Waals surface area contributed by atoms with E-state index < -0.39 is 8.32 Å². The summed E-state index contributed by atoms with van der Waals surface area (Å²) < 4.78 is 22.7. The van der Waals surface area contributed by atoms with Gasteiger partial charge in [-0.25, -0.2) is 9.97 Å². The van der Waals surface area contributed by atoms with Gasteiger partial charge in [0.15, 0.2) is 8.32 Å². The fourth-order valence-electron chi connectivity index (χ4n) is 3.54. The van der Waals surface area contributed by atoms with Gasteiger partial charge in [-0.3, -0.25) is 14.9 Å². The van der Waals surface area contributed by atoms with Crippen molar-refractivity contribution in [3.8, 4) is 17.2 Å². The topological polar surface area (TPSA) is 116 Å². The Hall–Kier alpha value is -3.35.